The zero-order valence-electron chi connectivity index (χ0n) is 13.7. The Labute approximate surface area is 128 Å². The van der Waals surface area contributed by atoms with Crippen LogP contribution in [0.5, 0.6) is 0 Å². The SMILES string of the molecule is Cc1cc(C)c(C(=O)NCC[C@H]2CCO[C@@H](C)C2)c(C)c1. The quantitative estimate of drug-likeness (QED) is 0.920. The average Bonchev–Trinajstić information content (AvgIpc) is 2.37. The summed E-state index contributed by atoms with van der Waals surface area (Å²) in [5.74, 6) is 0.736. The van der Waals surface area contributed by atoms with E-state index < -0.39 is 0 Å². The van der Waals surface area contributed by atoms with Gasteiger partial charge in [0.05, 0.1) is 6.10 Å². The number of ether oxygens (including phenoxy) is 1. The van der Waals surface area contributed by atoms with E-state index >= 15 is 0 Å². The lowest BCUT2D eigenvalue weighted by Crippen LogP contribution is -2.30. The number of hydrogen-bond donors (Lipinski definition) is 1. The molecule has 3 heteroatoms. The Kier molecular flexibility index (Phi) is 5.40. The molecule has 1 aromatic carbocycles. The normalized spacial score (nSPS) is 22.1. The number of aryl methyl sites for hydroxylation is 3. The van der Waals surface area contributed by atoms with Gasteiger partial charge >= 0.3 is 0 Å². The van der Waals surface area contributed by atoms with Gasteiger partial charge < -0.3 is 10.1 Å². The first kappa shape index (κ1) is 16.0. The molecule has 0 saturated carbocycles. The highest BCUT2D eigenvalue weighted by Gasteiger charge is 2.19. The Hall–Kier alpha value is -1.35. The Morgan fingerprint density at radius 1 is 1.29 bits per heavy atom. The maximum absolute atomic E-state index is 12.4. The predicted octanol–water partition coefficient (Wildman–Crippen LogP) is 3.55. The monoisotopic (exact) mass is 289 g/mol. The van der Waals surface area contributed by atoms with Crippen molar-refractivity contribution < 1.29 is 9.53 Å². The molecule has 1 aromatic rings. The van der Waals surface area contributed by atoms with Crippen molar-refractivity contribution in [2.24, 2.45) is 5.92 Å². The molecular weight excluding hydrogens is 262 g/mol. The molecule has 1 aliphatic heterocycles. The molecule has 1 fully saturated rings. The fourth-order valence-corrected chi connectivity index (χ4v) is 3.37. The van der Waals surface area contributed by atoms with Crippen LogP contribution in [0.15, 0.2) is 12.1 Å². The highest BCUT2D eigenvalue weighted by Crippen LogP contribution is 2.22. The Balaban J connectivity index is 1.87. The maximum Gasteiger partial charge on any atom is 0.251 e. The molecule has 1 saturated heterocycles. The summed E-state index contributed by atoms with van der Waals surface area (Å²) in [6.07, 6.45) is 3.63. The third-order valence-corrected chi connectivity index (χ3v) is 4.34. The number of hydrogen-bond acceptors (Lipinski definition) is 2. The van der Waals surface area contributed by atoms with Gasteiger partial charge in [-0.3, -0.25) is 4.79 Å². The molecule has 0 aliphatic carbocycles. The van der Waals surface area contributed by atoms with Crippen LogP contribution in [-0.2, 0) is 4.74 Å². The minimum absolute atomic E-state index is 0.0603. The number of carbonyl (C=O) groups is 1. The number of benzene rings is 1. The highest BCUT2D eigenvalue weighted by atomic mass is 16.5. The van der Waals surface area contributed by atoms with Crippen molar-refractivity contribution >= 4 is 5.91 Å². The molecule has 1 amide bonds. The van der Waals surface area contributed by atoms with E-state index in [9.17, 15) is 4.79 Å². The molecule has 0 unspecified atom stereocenters. The molecule has 21 heavy (non-hydrogen) atoms. The summed E-state index contributed by atoms with van der Waals surface area (Å²) in [4.78, 5) is 12.4. The summed E-state index contributed by atoms with van der Waals surface area (Å²) in [6, 6.07) is 4.14. The molecule has 3 nitrogen and oxygen atoms in total. The second-order valence-corrected chi connectivity index (χ2v) is 6.39. The van der Waals surface area contributed by atoms with Crippen molar-refractivity contribution in [3.05, 3.63) is 34.4 Å². The van der Waals surface area contributed by atoms with Crippen molar-refractivity contribution in [3.8, 4) is 0 Å². The largest absolute Gasteiger partial charge is 0.378 e. The third-order valence-electron chi connectivity index (χ3n) is 4.34. The van der Waals surface area contributed by atoms with Crippen LogP contribution >= 0.6 is 0 Å². The minimum Gasteiger partial charge on any atom is -0.378 e. The van der Waals surface area contributed by atoms with Crippen molar-refractivity contribution in [2.75, 3.05) is 13.2 Å². The molecule has 2 rings (SSSR count). The Morgan fingerprint density at radius 2 is 1.95 bits per heavy atom. The second kappa shape index (κ2) is 7.08. The molecule has 116 valence electrons. The summed E-state index contributed by atoms with van der Waals surface area (Å²) in [5, 5.41) is 3.08. The van der Waals surface area contributed by atoms with Gasteiger partial charge in [0.15, 0.2) is 0 Å². The van der Waals surface area contributed by atoms with Gasteiger partial charge in [-0.2, -0.15) is 0 Å². The van der Waals surface area contributed by atoms with Crippen LogP contribution in [0.3, 0.4) is 0 Å². The van der Waals surface area contributed by atoms with Gasteiger partial charge in [-0.05, 0) is 64.0 Å². The van der Waals surface area contributed by atoms with Crippen LogP contribution < -0.4 is 5.32 Å². The first-order valence-corrected chi connectivity index (χ1v) is 7.95. The van der Waals surface area contributed by atoms with Crippen molar-refractivity contribution in [2.45, 2.75) is 53.1 Å². The standard InChI is InChI=1S/C18H27NO2/c1-12-9-13(2)17(14(3)10-12)18(20)19-7-5-16-6-8-21-15(4)11-16/h9-10,15-16H,5-8,11H2,1-4H3,(H,19,20)/t15-,16-/m0/s1. The smallest absolute Gasteiger partial charge is 0.251 e. The lowest BCUT2D eigenvalue weighted by molar-refractivity contribution is 0.00109. The lowest BCUT2D eigenvalue weighted by atomic mass is 9.93. The number of amides is 1. The van der Waals surface area contributed by atoms with E-state index in [1.165, 1.54) is 5.56 Å². The topological polar surface area (TPSA) is 38.3 Å². The summed E-state index contributed by atoms with van der Waals surface area (Å²) in [5.41, 5.74) is 4.16. The Bertz CT molecular complexity index is 487. The van der Waals surface area contributed by atoms with Gasteiger partial charge in [0, 0.05) is 18.7 Å². The number of rotatable bonds is 4. The van der Waals surface area contributed by atoms with E-state index in [1.54, 1.807) is 0 Å². The molecule has 0 aromatic heterocycles. The molecule has 1 N–H and O–H groups in total. The van der Waals surface area contributed by atoms with Gasteiger partial charge in [-0.15, -0.1) is 0 Å². The first-order valence-electron chi connectivity index (χ1n) is 7.95. The zero-order valence-corrected chi connectivity index (χ0v) is 13.7. The highest BCUT2D eigenvalue weighted by molar-refractivity contribution is 5.97. The van der Waals surface area contributed by atoms with Crippen molar-refractivity contribution in [3.63, 3.8) is 0 Å². The Morgan fingerprint density at radius 3 is 2.57 bits per heavy atom. The maximum atomic E-state index is 12.4. The molecule has 2 atom stereocenters. The van der Waals surface area contributed by atoms with Crippen molar-refractivity contribution in [1.82, 2.24) is 5.32 Å². The van der Waals surface area contributed by atoms with Gasteiger partial charge in [-0.25, -0.2) is 0 Å². The van der Waals surface area contributed by atoms with Crippen LogP contribution in [0.2, 0.25) is 0 Å². The average molecular weight is 289 g/mol. The minimum atomic E-state index is 0.0603. The molecule has 0 bridgehead atoms. The molecule has 1 aliphatic rings. The van der Waals surface area contributed by atoms with E-state index in [1.807, 2.05) is 13.8 Å². The van der Waals surface area contributed by atoms with E-state index in [0.29, 0.717) is 12.0 Å². The van der Waals surface area contributed by atoms with Crippen LogP contribution in [0, 0.1) is 26.7 Å². The van der Waals surface area contributed by atoms with Crippen LogP contribution in [0.1, 0.15) is 53.2 Å². The summed E-state index contributed by atoms with van der Waals surface area (Å²) < 4.78 is 5.56. The van der Waals surface area contributed by atoms with Crippen LogP contribution in [0.4, 0.5) is 0 Å². The molecule has 1 heterocycles. The number of carbonyl (C=O) groups excluding carboxylic acids is 1. The summed E-state index contributed by atoms with van der Waals surface area (Å²) in [6.45, 7) is 9.82. The fourth-order valence-electron chi connectivity index (χ4n) is 3.37. The molecular formula is C18H27NO2. The van der Waals surface area contributed by atoms with Crippen LogP contribution in [0.25, 0.3) is 0 Å². The van der Waals surface area contributed by atoms with E-state index in [4.69, 9.17) is 4.74 Å². The number of nitrogens with one attached hydrogen (secondary N) is 1. The summed E-state index contributed by atoms with van der Waals surface area (Å²) >= 11 is 0. The van der Waals surface area contributed by atoms with Gasteiger partial charge in [-0.1, -0.05) is 17.7 Å². The van der Waals surface area contributed by atoms with Gasteiger partial charge in [0.25, 0.3) is 5.91 Å². The zero-order chi connectivity index (χ0) is 15.4. The lowest BCUT2D eigenvalue weighted by Gasteiger charge is -2.27. The van der Waals surface area contributed by atoms with Gasteiger partial charge in [0.1, 0.15) is 0 Å². The van der Waals surface area contributed by atoms with E-state index in [0.717, 1.165) is 49.1 Å². The van der Waals surface area contributed by atoms with E-state index in [2.05, 4.69) is 31.3 Å². The van der Waals surface area contributed by atoms with Crippen molar-refractivity contribution in [1.29, 1.82) is 0 Å². The fraction of sp³-hybridized carbons (Fsp3) is 0.611. The van der Waals surface area contributed by atoms with Crippen LogP contribution in [-0.4, -0.2) is 25.2 Å². The second-order valence-electron chi connectivity index (χ2n) is 6.39. The first-order chi connectivity index (χ1) is 9.97. The molecule has 0 radical (unpaired) electrons. The van der Waals surface area contributed by atoms with E-state index in [-0.39, 0.29) is 5.91 Å². The summed E-state index contributed by atoms with van der Waals surface area (Å²) in [7, 11) is 0. The third kappa shape index (κ3) is 4.31. The van der Waals surface area contributed by atoms with Gasteiger partial charge in [0.2, 0.25) is 0 Å². The predicted molar refractivity (Wildman–Crippen MR) is 85.7 cm³/mol. The molecule has 0 spiro atoms.